The Morgan fingerprint density at radius 2 is 1.78 bits per heavy atom. The second kappa shape index (κ2) is 12.4. The van der Waals surface area contributed by atoms with Gasteiger partial charge in [0.1, 0.15) is 5.78 Å². The molecule has 0 spiro atoms. The van der Waals surface area contributed by atoms with Crippen LogP contribution in [0.5, 0.6) is 0 Å². The predicted octanol–water partition coefficient (Wildman–Crippen LogP) is 3.50. The Kier molecular flexibility index (Phi) is 15.2. The van der Waals surface area contributed by atoms with Crippen molar-refractivity contribution in [3.05, 3.63) is 35.9 Å². The topological polar surface area (TPSA) is 26.3 Å². The van der Waals surface area contributed by atoms with Gasteiger partial charge < -0.3 is 4.74 Å². The van der Waals surface area contributed by atoms with Crippen molar-refractivity contribution in [2.45, 2.75) is 47.1 Å². The zero-order chi connectivity index (χ0) is 11.1. The summed E-state index contributed by atoms with van der Waals surface area (Å²) in [4.78, 5) is 10.9. The zero-order valence-corrected chi connectivity index (χ0v) is 9.98. The van der Waals surface area contributed by atoms with Gasteiger partial charge in [0.05, 0.1) is 6.10 Å². The lowest BCUT2D eigenvalue weighted by Crippen LogP contribution is -2.15. The molecule has 1 rings (SSSR count). The fourth-order valence-corrected chi connectivity index (χ4v) is 1.60. The maximum absolute atomic E-state index is 10.9. The smallest absolute Gasteiger partial charge is 0.132 e. The third-order valence-corrected chi connectivity index (χ3v) is 2.45. The number of benzene rings is 1. The summed E-state index contributed by atoms with van der Waals surface area (Å²) in [6.45, 7) is 1.61. The second-order valence-electron chi connectivity index (χ2n) is 3.79. The van der Waals surface area contributed by atoms with Crippen molar-refractivity contribution in [3.63, 3.8) is 0 Å². The fraction of sp³-hybridized carbons (Fsp3) is 0.533. The van der Waals surface area contributed by atoms with Crippen molar-refractivity contribution in [2.75, 3.05) is 7.11 Å². The summed E-state index contributed by atoms with van der Waals surface area (Å²) in [7, 11) is 1.67. The molecular weight excluding hydrogens is 223 g/mol. The number of Topliss-reactive ketones (excluding diaryl/α,β-unsaturated/α-hetero) is 1. The van der Waals surface area contributed by atoms with Crippen molar-refractivity contribution in [1.29, 1.82) is 0 Å². The molecule has 0 saturated heterocycles. The van der Waals surface area contributed by atoms with Crippen LogP contribution >= 0.6 is 0 Å². The van der Waals surface area contributed by atoms with E-state index in [1.54, 1.807) is 14.0 Å². The number of hydrogen-bond acceptors (Lipinski definition) is 2. The Morgan fingerprint density at radius 3 is 2.22 bits per heavy atom. The highest BCUT2D eigenvalue weighted by atomic mass is 16.5. The summed E-state index contributed by atoms with van der Waals surface area (Å²) < 4.78 is 5.26. The first-order chi connectivity index (χ1) is 7.22. The number of carbonyl (C=O) groups excluding carboxylic acids is 1. The van der Waals surface area contributed by atoms with Crippen LogP contribution in [0.25, 0.3) is 0 Å². The summed E-state index contributed by atoms with van der Waals surface area (Å²) in [5.74, 6) is 0.190. The molecule has 1 aromatic carbocycles. The van der Waals surface area contributed by atoms with Crippen molar-refractivity contribution in [3.8, 4) is 0 Å². The van der Waals surface area contributed by atoms with Crippen molar-refractivity contribution in [2.24, 2.45) is 0 Å². The largest absolute Gasteiger partial charge is 0.381 e. The first-order valence-corrected chi connectivity index (χ1v) is 5.28. The normalized spacial score (nSPS) is 10.3. The third-order valence-electron chi connectivity index (χ3n) is 2.45. The van der Waals surface area contributed by atoms with Gasteiger partial charge in [-0.2, -0.15) is 0 Å². The molecule has 0 aliphatic rings. The van der Waals surface area contributed by atoms with E-state index in [0.29, 0.717) is 6.42 Å². The molecule has 1 unspecified atom stereocenters. The Bertz CT molecular complexity index is 299. The van der Waals surface area contributed by atoms with Gasteiger partial charge in [0.2, 0.25) is 0 Å². The highest BCUT2D eigenvalue weighted by molar-refractivity contribution is 5.76. The zero-order valence-electron chi connectivity index (χ0n) is 9.98. The minimum atomic E-state index is 0. The molecule has 1 atom stereocenters. The number of aryl methyl sites for hydroxylation is 1. The van der Waals surface area contributed by atoms with E-state index in [-0.39, 0.29) is 35.2 Å². The van der Waals surface area contributed by atoms with Gasteiger partial charge in [-0.25, -0.2) is 0 Å². The van der Waals surface area contributed by atoms with E-state index in [2.05, 4.69) is 12.1 Å². The van der Waals surface area contributed by atoms with E-state index in [9.17, 15) is 4.79 Å². The Labute approximate surface area is 114 Å². The summed E-state index contributed by atoms with van der Waals surface area (Å²) in [5, 5.41) is 0. The van der Waals surface area contributed by atoms with Gasteiger partial charge in [-0.1, -0.05) is 45.2 Å². The summed E-state index contributed by atoms with van der Waals surface area (Å²) in [6, 6.07) is 10.3. The van der Waals surface area contributed by atoms with E-state index in [1.807, 2.05) is 18.2 Å². The van der Waals surface area contributed by atoms with Crippen LogP contribution in [0.15, 0.2) is 30.3 Å². The van der Waals surface area contributed by atoms with Crippen molar-refractivity contribution < 1.29 is 9.53 Å². The highest BCUT2D eigenvalue weighted by Crippen LogP contribution is 2.09. The van der Waals surface area contributed by atoms with Crippen LogP contribution in [-0.4, -0.2) is 27.4 Å². The molecule has 2 nitrogen and oxygen atoms in total. The Morgan fingerprint density at radius 1 is 1.22 bits per heavy atom. The molecule has 0 saturated carbocycles. The van der Waals surface area contributed by atoms with Gasteiger partial charge in [-0.15, -0.1) is 0 Å². The third kappa shape index (κ3) is 9.00. The van der Waals surface area contributed by atoms with Crippen molar-refractivity contribution in [1.82, 2.24) is 0 Å². The monoisotopic (exact) mass is 249 g/mol. The standard InChI is InChI=1S/C13H18O2.2CH4.B/c1-11(14)10-13(15-2)9-8-12-6-4-3-5-7-12;;;/h3-7,13H,8-10H2,1-2H3;2*1H4;. The van der Waals surface area contributed by atoms with Crippen molar-refractivity contribution >= 4 is 14.2 Å². The molecule has 18 heavy (non-hydrogen) atoms. The van der Waals surface area contributed by atoms with E-state index < -0.39 is 0 Å². The van der Waals surface area contributed by atoms with E-state index in [1.165, 1.54) is 5.56 Å². The average Bonchev–Trinajstić information content (AvgIpc) is 2.25. The molecule has 0 N–H and O–H groups in total. The number of ether oxygens (including phenoxy) is 1. The van der Waals surface area contributed by atoms with Crippen LogP contribution < -0.4 is 0 Å². The SMILES string of the molecule is C.C.COC(CCc1ccccc1)CC(C)=O.[B]. The lowest BCUT2D eigenvalue weighted by molar-refractivity contribution is -0.119. The van der Waals surface area contributed by atoms with Crippen LogP contribution in [0, 0.1) is 0 Å². The molecule has 1 aromatic rings. The maximum Gasteiger partial charge on any atom is 0.132 e. The van der Waals surface area contributed by atoms with Gasteiger partial charge in [0.25, 0.3) is 0 Å². The molecule has 3 radical (unpaired) electrons. The molecule has 101 valence electrons. The van der Waals surface area contributed by atoms with Crippen LogP contribution in [0.1, 0.15) is 40.2 Å². The van der Waals surface area contributed by atoms with Gasteiger partial charge >= 0.3 is 0 Å². The van der Waals surface area contributed by atoms with Gasteiger partial charge in [-0.3, -0.25) is 4.79 Å². The molecular formula is C15H26BO2. The number of hydrogen-bond donors (Lipinski definition) is 0. The number of methoxy groups -OCH3 is 1. The molecule has 0 fully saturated rings. The molecule has 0 bridgehead atoms. The van der Waals surface area contributed by atoms with Crippen LogP contribution in [0.4, 0.5) is 0 Å². The van der Waals surface area contributed by atoms with Crippen LogP contribution in [-0.2, 0) is 16.0 Å². The van der Waals surface area contributed by atoms with E-state index >= 15 is 0 Å². The van der Waals surface area contributed by atoms with Crippen LogP contribution in [0.3, 0.4) is 0 Å². The number of ketones is 1. The number of carbonyl (C=O) groups is 1. The van der Waals surface area contributed by atoms with Gasteiger partial charge in [0.15, 0.2) is 0 Å². The highest BCUT2D eigenvalue weighted by Gasteiger charge is 2.09. The lowest BCUT2D eigenvalue weighted by atomic mass is 10.0. The van der Waals surface area contributed by atoms with Gasteiger partial charge in [0, 0.05) is 21.9 Å². The summed E-state index contributed by atoms with van der Waals surface area (Å²) >= 11 is 0. The van der Waals surface area contributed by atoms with Crippen LogP contribution in [0.2, 0.25) is 0 Å². The van der Waals surface area contributed by atoms with Gasteiger partial charge in [-0.05, 0) is 25.3 Å². The quantitative estimate of drug-likeness (QED) is 0.721. The fourth-order valence-electron chi connectivity index (χ4n) is 1.60. The molecule has 0 aromatic heterocycles. The Hall–Kier alpha value is -1.09. The first kappa shape index (κ1) is 22.1. The molecule has 0 aliphatic heterocycles. The van der Waals surface area contributed by atoms with E-state index in [0.717, 1.165) is 12.8 Å². The predicted molar refractivity (Wildman–Crippen MR) is 80.1 cm³/mol. The number of rotatable bonds is 6. The summed E-state index contributed by atoms with van der Waals surface area (Å²) in [6.07, 6.45) is 2.44. The van der Waals surface area contributed by atoms with E-state index in [4.69, 9.17) is 4.74 Å². The lowest BCUT2D eigenvalue weighted by Gasteiger charge is -2.13. The minimum absolute atomic E-state index is 0. The second-order valence-corrected chi connectivity index (χ2v) is 3.79. The average molecular weight is 249 g/mol. The molecule has 0 heterocycles. The molecule has 0 aliphatic carbocycles. The first-order valence-electron chi connectivity index (χ1n) is 5.28. The molecule has 3 heteroatoms. The molecule has 0 amide bonds. The Balaban J connectivity index is -0.000000750. The maximum atomic E-state index is 10.9. The minimum Gasteiger partial charge on any atom is -0.381 e. The summed E-state index contributed by atoms with van der Waals surface area (Å²) in [5.41, 5.74) is 1.29.